The van der Waals surface area contributed by atoms with Gasteiger partial charge in [0, 0.05) is 6.54 Å². The highest BCUT2D eigenvalue weighted by Crippen LogP contribution is 2.16. The number of nitrogens with zero attached hydrogens (tertiary/aromatic N) is 2. The van der Waals surface area contributed by atoms with Crippen LogP contribution in [-0.2, 0) is 10.0 Å². The second-order valence-corrected chi connectivity index (χ2v) is 6.79. The third kappa shape index (κ3) is 4.03. The van der Waals surface area contributed by atoms with Crippen molar-refractivity contribution in [3.63, 3.8) is 0 Å². The molecule has 0 spiro atoms. The van der Waals surface area contributed by atoms with Crippen molar-refractivity contribution in [1.82, 2.24) is 14.9 Å². The zero-order valence-electron chi connectivity index (χ0n) is 9.30. The van der Waals surface area contributed by atoms with Gasteiger partial charge in [-0.2, -0.15) is 0 Å². The molecule has 0 amide bonds. The molecular weight excluding hydrogens is 248 g/mol. The third-order valence-electron chi connectivity index (χ3n) is 1.90. The van der Waals surface area contributed by atoms with E-state index in [2.05, 4.69) is 28.8 Å². The van der Waals surface area contributed by atoms with Gasteiger partial charge in [-0.25, -0.2) is 13.1 Å². The molecule has 0 fully saturated rings. The first-order chi connectivity index (χ1) is 7.42. The molecule has 6 nitrogen and oxygen atoms in total. The van der Waals surface area contributed by atoms with Gasteiger partial charge in [0.05, 0.1) is 0 Å². The van der Waals surface area contributed by atoms with Gasteiger partial charge in [0.15, 0.2) is 0 Å². The van der Waals surface area contributed by atoms with Gasteiger partial charge >= 0.3 is 0 Å². The number of aromatic nitrogens is 2. The number of sulfonamides is 1. The van der Waals surface area contributed by atoms with Crippen LogP contribution in [0.25, 0.3) is 0 Å². The van der Waals surface area contributed by atoms with E-state index in [4.69, 9.17) is 5.73 Å². The Morgan fingerprint density at radius 3 is 2.62 bits per heavy atom. The van der Waals surface area contributed by atoms with E-state index in [1.165, 1.54) is 0 Å². The smallest absolute Gasteiger partial charge is 0.269 e. The Kier molecular flexibility index (Phi) is 4.63. The molecule has 1 aromatic rings. The summed E-state index contributed by atoms with van der Waals surface area (Å²) in [6, 6.07) is 0. The molecule has 0 bridgehead atoms. The number of hydrogen-bond donors (Lipinski definition) is 2. The van der Waals surface area contributed by atoms with E-state index in [0.717, 1.165) is 24.2 Å². The van der Waals surface area contributed by atoms with Crippen LogP contribution in [0.3, 0.4) is 0 Å². The van der Waals surface area contributed by atoms with Gasteiger partial charge < -0.3 is 5.73 Å². The van der Waals surface area contributed by atoms with E-state index < -0.39 is 10.0 Å². The molecule has 0 saturated carbocycles. The van der Waals surface area contributed by atoms with Gasteiger partial charge in [-0.1, -0.05) is 25.2 Å². The number of hydrogen-bond acceptors (Lipinski definition) is 6. The SMILES string of the molecule is CC(C)CCCNS(=O)(=O)c1nnc(N)s1. The average molecular weight is 264 g/mol. The topological polar surface area (TPSA) is 98.0 Å². The third-order valence-corrected chi connectivity index (χ3v) is 4.48. The molecule has 0 aliphatic heterocycles. The first-order valence-corrected chi connectivity index (χ1v) is 7.30. The van der Waals surface area contributed by atoms with E-state index in [9.17, 15) is 8.42 Å². The van der Waals surface area contributed by atoms with Crippen molar-refractivity contribution in [2.24, 2.45) is 5.92 Å². The van der Waals surface area contributed by atoms with Crippen molar-refractivity contribution in [2.45, 2.75) is 31.0 Å². The quantitative estimate of drug-likeness (QED) is 0.742. The summed E-state index contributed by atoms with van der Waals surface area (Å²) >= 11 is 0.864. The van der Waals surface area contributed by atoms with Crippen molar-refractivity contribution in [2.75, 3.05) is 12.3 Å². The van der Waals surface area contributed by atoms with Gasteiger partial charge in [0.1, 0.15) is 0 Å². The molecule has 3 N–H and O–H groups in total. The number of anilines is 1. The van der Waals surface area contributed by atoms with E-state index in [1.807, 2.05) is 0 Å². The van der Waals surface area contributed by atoms with E-state index in [0.29, 0.717) is 12.5 Å². The summed E-state index contributed by atoms with van der Waals surface area (Å²) in [7, 11) is -3.52. The van der Waals surface area contributed by atoms with Crippen LogP contribution in [0.5, 0.6) is 0 Å². The number of nitrogens with one attached hydrogen (secondary N) is 1. The zero-order valence-corrected chi connectivity index (χ0v) is 10.9. The Labute approximate surface area is 99.3 Å². The molecule has 0 atom stereocenters. The highest BCUT2D eigenvalue weighted by molar-refractivity contribution is 7.91. The summed E-state index contributed by atoms with van der Waals surface area (Å²) in [5.74, 6) is 0.571. The fourth-order valence-electron chi connectivity index (χ4n) is 1.11. The predicted octanol–water partition coefficient (Wildman–Crippen LogP) is 0.835. The Morgan fingerprint density at radius 1 is 1.44 bits per heavy atom. The van der Waals surface area contributed by atoms with Gasteiger partial charge in [-0.05, 0) is 18.8 Å². The van der Waals surface area contributed by atoms with Crippen LogP contribution in [0.4, 0.5) is 5.13 Å². The van der Waals surface area contributed by atoms with Crippen molar-refractivity contribution in [3.05, 3.63) is 0 Å². The van der Waals surface area contributed by atoms with E-state index >= 15 is 0 Å². The lowest BCUT2D eigenvalue weighted by Gasteiger charge is -2.05. The molecule has 0 aromatic carbocycles. The summed E-state index contributed by atoms with van der Waals surface area (Å²) < 4.78 is 25.7. The van der Waals surface area contributed by atoms with Gasteiger partial charge in [0.2, 0.25) is 9.47 Å². The van der Waals surface area contributed by atoms with Crippen LogP contribution in [-0.4, -0.2) is 25.2 Å². The minimum Gasteiger partial charge on any atom is -0.374 e. The molecule has 8 heteroatoms. The summed E-state index contributed by atoms with van der Waals surface area (Å²) in [5, 5.41) is 7.12. The maximum atomic E-state index is 11.6. The number of nitrogens with two attached hydrogens (primary N) is 1. The first-order valence-electron chi connectivity index (χ1n) is 5.00. The number of nitrogen functional groups attached to an aromatic ring is 1. The Balaban J connectivity index is 2.47. The molecule has 1 aromatic heterocycles. The molecular formula is C8H16N4O2S2. The second kappa shape index (κ2) is 5.55. The zero-order chi connectivity index (χ0) is 12.2. The maximum Gasteiger partial charge on any atom is 0.269 e. The van der Waals surface area contributed by atoms with E-state index in [1.54, 1.807) is 0 Å². The molecule has 1 rings (SSSR count). The lowest BCUT2D eigenvalue weighted by atomic mass is 10.1. The summed E-state index contributed by atoms with van der Waals surface area (Å²) in [4.78, 5) is 0. The largest absolute Gasteiger partial charge is 0.374 e. The molecule has 16 heavy (non-hydrogen) atoms. The lowest BCUT2D eigenvalue weighted by Crippen LogP contribution is -2.24. The van der Waals surface area contributed by atoms with Crippen LogP contribution in [0.15, 0.2) is 4.34 Å². The fourth-order valence-corrected chi connectivity index (χ4v) is 3.01. The molecule has 0 unspecified atom stereocenters. The maximum absolute atomic E-state index is 11.6. The molecule has 0 aliphatic carbocycles. The standard InChI is InChI=1S/C8H16N4O2S2/c1-6(2)4-3-5-10-16(13,14)8-12-11-7(9)15-8/h6,10H,3-5H2,1-2H3,(H2,9,11). The normalized spacial score (nSPS) is 12.2. The molecule has 92 valence electrons. The fraction of sp³-hybridized carbons (Fsp3) is 0.750. The van der Waals surface area contributed by atoms with Crippen LogP contribution in [0.2, 0.25) is 0 Å². The van der Waals surface area contributed by atoms with Crippen LogP contribution >= 0.6 is 11.3 Å². The molecule has 0 saturated heterocycles. The van der Waals surface area contributed by atoms with Crippen LogP contribution in [0, 0.1) is 5.92 Å². The summed E-state index contributed by atoms with van der Waals surface area (Å²) in [6.45, 7) is 4.61. The van der Waals surface area contributed by atoms with Crippen molar-refractivity contribution in [1.29, 1.82) is 0 Å². The van der Waals surface area contributed by atoms with Crippen molar-refractivity contribution >= 4 is 26.5 Å². The molecule has 0 radical (unpaired) electrons. The van der Waals surface area contributed by atoms with Gasteiger partial charge in [-0.3, -0.25) is 0 Å². The molecule has 0 aliphatic rings. The monoisotopic (exact) mass is 264 g/mol. The highest BCUT2D eigenvalue weighted by atomic mass is 32.2. The summed E-state index contributed by atoms with van der Waals surface area (Å²) in [6.07, 6.45) is 1.80. The van der Waals surface area contributed by atoms with Crippen molar-refractivity contribution in [3.8, 4) is 0 Å². The summed E-state index contributed by atoms with van der Waals surface area (Å²) in [5.41, 5.74) is 5.32. The Bertz CT molecular complexity index is 427. The second-order valence-electron chi connectivity index (χ2n) is 3.84. The number of rotatable bonds is 6. The minimum atomic E-state index is -3.52. The average Bonchev–Trinajstić information content (AvgIpc) is 2.60. The Morgan fingerprint density at radius 2 is 2.12 bits per heavy atom. The van der Waals surface area contributed by atoms with E-state index in [-0.39, 0.29) is 9.47 Å². The van der Waals surface area contributed by atoms with Crippen LogP contribution < -0.4 is 10.5 Å². The first kappa shape index (κ1) is 13.3. The molecule has 1 heterocycles. The van der Waals surface area contributed by atoms with Crippen molar-refractivity contribution < 1.29 is 8.42 Å². The lowest BCUT2D eigenvalue weighted by molar-refractivity contribution is 0.539. The minimum absolute atomic E-state index is 0.0745. The van der Waals surface area contributed by atoms with Crippen LogP contribution in [0.1, 0.15) is 26.7 Å². The highest BCUT2D eigenvalue weighted by Gasteiger charge is 2.18. The van der Waals surface area contributed by atoms with Gasteiger partial charge in [0.25, 0.3) is 10.0 Å². The predicted molar refractivity (Wildman–Crippen MR) is 63.6 cm³/mol. The Hall–Kier alpha value is -0.730. The van der Waals surface area contributed by atoms with Gasteiger partial charge in [-0.15, -0.1) is 10.2 Å².